The second-order valence-corrected chi connectivity index (χ2v) is 9.68. The number of nitro benzene ring substituents is 1. The predicted molar refractivity (Wildman–Crippen MR) is 150 cm³/mol. The highest BCUT2D eigenvalue weighted by Gasteiger charge is 2.22. The first-order valence-electron chi connectivity index (χ1n) is 12.7. The second kappa shape index (κ2) is 9.91. The van der Waals surface area contributed by atoms with Crippen molar-refractivity contribution in [3.63, 3.8) is 0 Å². The fraction of sp³-hybridized carbons (Fsp3) is 0.129. The van der Waals surface area contributed by atoms with Gasteiger partial charge in [0.15, 0.2) is 11.6 Å². The standard InChI is InChI=1S/C31H23N3O7/c1-40-27-10-6-20-13-22(27)16-32-25-9-8-24(34(38)39)15-26(25)33(31(32)37)17-23-14-21(7-11-28(23)41-2)30(36)19-5-3-4-18(12-19)29(20)35/h3-15H,16-17H2,1-2H3. The lowest BCUT2D eigenvalue weighted by atomic mass is 9.95. The van der Waals surface area contributed by atoms with Gasteiger partial charge in [0.1, 0.15) is 11.5 Å². The number of fused-ring (bicyclic) bond motifs is 11. The van der Waals surface area contributed by atoms with Crippen molar-refractivity contribution in [3.05, 3.63) is 133 Å². The molecule has 0 saturated heterocycles. The van der Waals surface area contributed by atoms with Crippen LogP contribution < -0.4 is 15.2 Å². The number of hydrogen-bond donors (Lipinski definition) is 0. The van der Waals surface area contributed by atoms with Gasteiger partial charge in [0, 0.05) is 45.5 Å². The third-order valence-corrected chi connectivity index (χ3v) is 7.34. The Balaban J connectivity index is 1.67. The molecule has 6 rings (SSSR count). The summed E-state index contributed by atoms with van der Waals surface area (Å²) in [7, 11) is 2.98. The van der Waals surface area contributed by atoms with Crippen LogP contribution in [0, 0.1) is 10.1 Å². The van der Waals surface area contributed by atoms with Gasteiger partial charge < -0.3 is 9.47 Å². The van der Waals surface area contributed by atoms with Crippen LogP contribution in [0.5, 0.6) is 11.5 Å². The molecular formula is C31H23N3O7. The van der Waals surface area contributed by atoms with E-state index >= 15 is 0 Å². The Morgan fingerprint density at radius 3 is 1.68 bits per heavy atom. The molecule has 204 valence electrons. The largest absolute Gasteiger partial charge is 0.496 e. The Labute approximate surface area is 233 Å². The Morgan fingerprint density at radius 1 is 0.659 bits per heavy atom. The first kappa shape index (κ1) is 25.8. The minimum Gasteiger partial charge on any atom is -0.496 e. The zero-order chi connectivity index (χ0) is 28.8. The van der Waals surface area contributed by atoms with Crippen LogP contribution in [0.1, 0.15) is 43.0 Å². The fourth-order valence-electron chi connectivity index (χ4n) is 5.29. The Bertz CT molecular complexity index is 1970. The van der Waals surface area contributed by atoms with Crippen LogP contribution in [0.15, 0.2) is 83.7 Å². The molecule has 0 unspecified atom stereocenters. The summed E-state index contributed by atoms with van der Waals surface area (Å²) >= 11 is 0. The summed E-state index contributed by atoms with van der Waals surface area (Å²) in [6.07, 6.45) is 0. The second-order valence-electron chi connectivity index (χ2n) is 9.68. The number of non-ortho nitro benzene ring substituents is 1. The molecule has 0 aliphatic carbocycles. The molecule has 1 aliphatic rings. The lowest BCUT2D eigenvalue weighted by Gasteiger charge is -2.13. The summed E-state index contributed by atoms with van der Waals surface area (Å²) in [6.45, 7) is 0.0314. The van der Waals surface area contributed by atoms with Gasteiger partial charge in [-0.1, -0.05) is 18.2 Å². The number of rotatable bonds is 3. The average Bonchev–Trinajstić information content (AvgIpc) is 3.25. The van der Waals surface area contributed by atoms with Gasteiger partial charge in [0.25, 0.3) is 5.69 Å². The van der Waals surface area contributed by atoms with Crippen molar-refractivity contribution in [3.8, 4) is 11.5 Å². The van der Waals surface area contributed by atoms with E-state index in [2.05, 4.69) is 0 Å². The highest BCUT2D eigenvalue weighted by atomic mass is 16.6. The van der Waals surface area contributed by atoms with Gasteiger partial charge >= 0.3 is 5.69 Å². The number of hydrogen-bond acceptors (Lipinski definition) is 7. The number of ketones is 2. The number of carbonyl (C=O) groups excluding carboxylic acids is 2. The van der Waals surface area contributed by atoms with Crippen LogP contribution in [0.4, 0.5) is 5.69 Å². The van der Waals surface area contributed by atoms with Crippen LogP contribution in [-0.4, -0.2) is 39.8 Å². The lowest BCUT2D eigenvalue weighted by Crippen LogP contribution is -2.25. The normalized spacial score (nSPS) is 12.8. The molecule has 0 spiro atoms. The molecule has 5 aromatic rings. The molecule has 0 amide bonds. The molecule has 2 heterocycles. The summed E-state index contributed by atoms with van der Waals surface area (Å²) in [5.41, 5.74) is 2.66. The van der Waals surface area contributed by atoms with Gasteiger partial charge in [-0.15, -0.1) is 0 Å². The van der Waals surface area contributed by atoms with Crippen LogP contribution in [0.2, 0.25) is 0 Å². The van der Waals surface area contributed by atoms with Crippen molar-refractivity contribution in [1.82, 2.24) is 9.13 Å². The number of methoxy groups -OCH3 is 2. The molecule has 10 nitrogen and oxygen atoms in total. The molecule has 0 N–H and O–H groups in total. The average molecular weight is 550 g/mol. The van der Waals surface area contributed by atoms with E-state index in [9.17, 15) is 24.5 Å². The van der Waals surface area contributed by atoms with Gasteiger partial charge in [-0.05, 0) is 48.5 Å². The Kier molecular flexibility index (Phi) is 6.22. The third kappa shape index (κ3) is 4.35. The predicted octanol–water partition coefficient (Wildman–Crippen LogP) is 4.60. The molecular weight excluding hydrogens is 526 g/mol. The Hall–Kier alpha value is -5.51. The smallest absolute Gasteiger partial charge is 0.329 e. The first-order valence-corrected chi connectivity index (χ1v) is 12.7. The van der Waals surface area contributed by atoms with Crippen molar-refractivity contribution in [2.75, 3.05) is 14.2 Å². The van der Waals surface area contributed by atoms with E-state index in [1.807, 2.05) is 0 Å². The van der Waals surface area contributed by atoms with Crippen LogP contribution in [0.25, 0.3) is 11.0 Å². The maximum absolute atomic E-state index is 14.0. The minimum atomic E-state index is -0.521. The third-order valence-electron chi connectivity index (χ3n) is 7.34. The maximum Gasteiger partial charge on any atom is 0.329 e. The van der Waals surface area contributed by atoms with Crippen molar-refractivity contribution >= 4 is 28.3 Å². The van der Waals surface area contributed by atoms with Gasteiger partial charge in [0.05, 0.1) is 43.3 Å². The van der Waals surface area contributed by atoms with Crippen LogP contribution in [-0.2, 0) is 13.1 Å². The number of ether oxygens (including phenoxy) is 2. The lowest BCUT2D eigenvalue weighted by molar-refractivity contribution is -0.384. The van der Waals surface area contributed by atoms with Crippen molar-refractivity contribution < 1.29 is 24.0 Å². The molecule has 0 saturated carbocycles. The minimum absolute atomic E-state index is 0.0104. The van der Waals surface area contributed by atoms with E-state index in [1.54, 1.807) is 60.7 Å². The van der Waals surface area contributed by atoms with E-state index in [0.717, 1.165) is 0 Å². The van der Waals surface area contributed by atoms with Crippen molar-refractivity contribution in [1.29, 1.82) is 0 Å². The number of imidazole rings is 1. The number of carbonyl (C=O) groups is 2. The van der Waals surface area contributed by atoms with Crippen molar-refractivity contribution in [2.24, 2.45) is 0 Å². The van der Waals surface area contributed by atoms with E-state index in [1.165, 1.54) is 41.6 Å². The Morgan fingerprint density at radius 2 is 1.17 bits per heavy atom. The van der Waals surface area contributed by atoms with Gasteiger partial charge in [-0.2, -0.15) is 0 Å². The summed E-state index contributed by atoms with van der Waals surface area (Å²) in [5.74, 6) is 0.308. The molecule has 0 radical (unpaired) electrons. The van der Waals surface area contributed by atoms with Gasteiger partial charge in [-0.3, -0.25) is 28.8 Å². The summed E-state index contributed by atoms with van der Waals surface area (Å²) in [4.78, 5) is 52.1. The monoisotopic (exact) mass is 549 g/mol. The molecule has 0 fully saturated rings. The van der Waals surface area contributed by atoms with Crippen LogP contribution in [0.3, 0.4) is 0 Å². The topological polar surface area (TPSA) is 123 Å². The summed E-state index contributed by atoms with van der Waals surface area (Å²) < 4.78 is 14.0. The van der Waals surface area contributed by atoms with Gasteiger partial charge in [-0.25, -0.2) is 4.79 Å². The zero-order valence-electron chi connectivity index (χ0n) is 22.1. The molecule has 41 heavy (non-hydrogen) atoms. The number of benzene rings is 4. The molecule has 10 heteroatoms. The zero-order valence-corrected chi connectivity index (χ0v) is 22.1. The maximum atomic E-state index is 14.0. The summed E-state index contributed by atoms with van der Waals surface area (Å²) in [5, 5.41) is 11.6. The fourth-order valence-corrected chi connectivity index (χ4v) is 5.29. The number of nitro groups is 1. The molecule has 4 aromatic carbocycles. The van der Waals surface area contributed by atoms with E-state index in [-0.39, 0.29) is 30.3 Å². The SMILES string of the molecule is COc1ccc2cc1Cn1c(=O)n(c3cc([N+](=O)[O-])ccc31)Cc1cc(ccc1OC)C(=O)c1cccc(c1)C2=O. The van der Waals surface area contributed by atoms with Crippen LogP contribution >= 0.6 is 0 Å². The highest BCUT2D eigenvalue weighted by molar-refractivity contribution is 6.13. The number of aromatic nitrogens is 2. The van der Waals surface area contributed by atoms with Gasteiger partial charge in [0.2, 0.25) is 0 Å². The molecule has 1 aliphatic heterocycles. The first-order chi connectivity index (χ1) is 19.8. The quantitative estimate of drug-likeness (QED) is 0.234. The van der Waals surface area contributed by atoms with Crippen molar-refractivity contribution in [2.45, 2.75) is 13.1 Å². The van der Waals surface area contributed by atoms with E-state index in [4.69, 9.17) is 9.47 Å². The molecule has 0 atom stereocenters. The molecule has 8 bridgehead atoms. The van der Waals surface area contributed by atoms with E-state index < -0.39 is 10.6 Å². The summed E-state index contributed by atoms with van der Waals surface area (Å²) in [6, 6.07) is 20.6. The number of nitrogens with zero attached hydrogens (tertiary/aromatic N) is 3. The highest BCUT2D eigenvalue weighted by Crippen LogP contribution is 2.29. The molecule has 1 aromatic heterocycles. The van der Waals surface area contributed by atoms with E-state index in [0.29, 0.717) is 55.9 Å².